The van der Waals surface area contributed by atoms with Gasteiger partial charge in [-0.05, 0) is 60.9 Å². The van der Waals surface area contributed by atoms with Crippen LogP contribution in [0.3, 0.4) is 0 Å². The molecule has 0 aliphatic heterocycles. The molecule has 2 aromatic heterocycles. The molecule has 7 heteroatoms. The zero-order valence-corrected chi connectivity index (χ0v) is 19.1. The number of nitrogens with zero attached hydrogens (tertiary/aromatic N) is 3. The molecular weight excluding hydrogens is 416 g/mol. The van der Waals surface area contributed by atoms with Crippen molar-refractivity contribution >= 4 is 28.5 Å². The highest BCUT2D eigenvalue weighted by Crippen LogP contribution is 2.31. The maximum Gasteiger partial charge on any atom is 0.409 e. The van der Waals surface area contributed by atoms with E-state index in [1.807, 2.05) is 69.6 Å². The van der Waals surface area contributed by atoms with Gasteiger partial charge in [-0.15, -0.1) is 0 Å². The summed E-state index contributed by atoms with van der Waals surface area (Å²) >= 11 is 0. The summed E-state index contributed by atoms with van der Waals surface area (Å²) in [5.74, 6) is 1.67. The number of benzene rings is 2. The van der Waals surface area contributed by atoms with Gasteiger partial charge in [0, 0.05) is 48.2 Å². The zero-order chi connectivity index (χ0) is 23.5. The van der Waals surface area contributed by atoms with Crippen LogP contribution in [0.4, 0.5) is 16.3 Å². The average molecular weight is 443 g/mol. The second kappa shape index (κ2) is 9.16. The number of hydrogen-bond acceptors (Lipinski definition) is 5. The molecule has 0 radical (unpaired) electrons. The van der Waals surface area contributed by atoms with Crippen LogP contribution in [0.15, 0.2) is 60.8 Å². The molecule has 4 rings (SSSR count). The predicted molar refractivity (Wildman–Crippen MR) is 131 cm³/mol. The summed E-state index contributed by atoms with van der Waals surface area (Å²) < 4.78 is 5.23. The molecule has 0 saturated heterocycles. The van der Waals surface area contributed by atoms with Crippen molar-refractivity contribution in [2.75, 3.05) is 24.4 Å². The molecule has 1 amide bonds. The van der Waals surface area contributed by atoms with Gasteiger partial charge in [0.2, 0.25) is 0 Å². The van der Waals surface area contributed by atoms with Gasteiger partial charge in [-0.1, -0.05) is 18.2 Å². The average Bonchev–Trinajstić information content (AvgIpc) is 2.80. The van der Waals surface area contributed by atoms with Crippen molar-refractivity contribution < 1.29 is 14.6 Å². The number of carboxylic acid groups (broad SMARTS) is 1. The molecular formula is C26H26N4O3. The molecule has 0 saturated carbocycles. The Kier molecular flexibility index (Phi) is 6.13. The first-order valence-electron chi connectivity index (χ1n) is 10.6. The van der Waals surface area contributed by atoms with Gasteiger partial charge < -0.3 is 14.7 Å². The number of fused-ring (bicyclic) bond motifs is 1. The number of ether oxygens (including phenoxy) is 1. The Hall–Kier alpha value is -4.13. The molecule has 0 bridgehead atoms. The monoisotopic (exact) mass is 442 g/mol. The lowest BCUT2D eigenvalue weighted by atomic mass is 9.97. The fourth-order valence-corrected chi connectivity index (χ4v) is 3.83. The largest absolute Gasteiger partial charge is 0.497 e. The fraction of sp³-hybridized carbons (Fsp3) is 0.192. The Morgan fingerprint density at radius 2 is 1.82 bits per heavy atom. The Morgan fingerprint density at radius 1 is 1.06 bits per heavy atom. The molecule has 2 N–H and O–H groups in total. The number of carbonyl (C=O) groups is 1. The van der Waals surface area contributed by atoms with E-state index in [-0.39, 0.29) is 0 Å². The van der Waals surface area contributed by atoms with Gasteiger partial charge >= 0.3 is 6.09 Å². The summed E-state index contributed by atoms with van der Waals surface area (Å²) in [6.45, 7) is 4.67. The highest BCUT2D eigenvalue weighted by atomic mass is 16.5. The van der Waals surface area contributed by atoms with Crippen LogP contribution in [0.25, 0.3) is 22.0 Å². The van der Waals surface area contributed by atoms with Crippen molar-refractivity contribution in [2.45, 2.75) is 20.4 Å². The van der Waals surface area contributed by atoms with E-state index in [1.54, 1.807) is 13.2 Å². The summed E-state index contributed by atoms with van der Waals surface area (Å²) in [7, 11) is 3.66. The number of methoxy groups -OCH3 is 1. The third-order valence-electron chi connectivity index (χ3n) is 5.62. The number of nitrogens with one attached hydrogen (secondary N) is 1. The number of rotatable bonds is 6. The Labute approximate surface area is 192 Å². The number of hydrogen-bond donors (Lipinski definition) is 2. The topological polar surface area (TPSA) is 87.6 Å². The summed E-state index contributed by atoms with van der Waals surface area (Å²) in [5, 5.41) is 12.4. The Balaban J connectivity index is 1.64. The van der Waals surface area contributed by atoms with Crippen LogP contribution < -0.4 is 15.0 Å². The van der Waals surface area contributed by atoms with E-state index in [0.717, 1.165) is 50.4 Å². The van der Waals surface area contributed by atoms with E-state index >= 15 is 0 Å². The van der Waals surface area contributed by atoms with E-state index in [1.165, 1.54) is 0 Å². The Morgan fingerprint density at radius 3 is 2.52 bits per heavy atom. The van der Waals surface area contributed by atoms with E-state index in [2.05, 4.69) is 21.3 Å². The number of anilines is 2. The second-order valence-electron chi connectivity index (χ2n) is 8.02. The van der Waals surface area contributed by atoms with Crippen LogP contribution >= 0.6 is 0 Å². The van der Waals surface area contributed by atoms with Crippen molar-refractivity contribution in [2.24, 2.45) is 0 Å². The first-order chi connectivity index (χ1) is 15.8. The number of amides is 1. The van der Waals surface area contributed by atoms with E-state index in [9.17, 15) is 4.79 Å². The van der Waals surface area contributed by atoms with Crippen molar-refractivity contribution in [1.82, 2.24) is 9.97 Å². The molecule has 0 fully saturated rings. The van der Waals surface area contributed by atoms with Gasteiger partial charge in [-0.3, -0.25) is 10.3 Å². The third kappa shape index (κ3) is 4.87. The summed E-state index contributed by atoms with van der Waals surface area (Å²) in [6.07, 6.45) is 0.744. The van der Waals surface area contributed by atoms with Crippen LogP contribution in [-0.2, 0) is 6.54 Å². The predicted octanol–water partition coefficient (Wildman–Crippen LogP) is 5.65. The van der Waals surface area contributed by atoms with Crippen molar-refractivity contribution in [3.05, 3.63) is 77.6 Å². The van der Waals surface area contributed by atoms with E-state index in [4.69, 9.17) is 14.8 Å². The summed E-state index contributed by atoms with van der Waals surface area (Å²) in [6, 6.07) is 17.5. The SMILES string of the molecule is COc1ccc(CN(C)c2cc3nc(C)c(-c4cc(NC(=O)O)ccc4C)cc3cn2)cc1. The van der Waals surface area contributed by atoms with Crippen molar-refractivity contribution in [3.8, 4) is 16.9 Å². The van der Waals surface area contributed by atoms with Gasteiger partial charge in [-0.2, -0.15) is 0 Å². The van der Waals surface area contributed by atoms with E-state index in [0.29, 0.717) is 12.2 Å². The van der Waals surface area contributed by atoms with Gasteiger partial charge in [-0.25, -0.2) is 9.78 Å². The highest BCUT2D eigenvalue weighted by Gasteiger charge is 2.12. The molecule has 33 heavy (non-hydrogen) atoms. The maximum atomic E-state index is 11.0. The van der Waals surface area contributed by atoms with Crippen LogP contribution in [-0.4, -0.2) is 35.3 Å². The van der Waals surface area contributed by atoms with Crippen molar-refractivity contribution in [1.29, 1.82) is 0 Å². The van der Waals surface area contributed by atoms with Gasteiger partial charge in [0.1, 0.15) is 11.6 Å². The molecule has 2 aromatic carbocycles. The minimum atomic E-state index is -1.09. The van der Waals surface area contributed by atoms with Crippen LogP contribution in [0.1, 0.15) is 16.8 Å². The lowest BCUT2D eigenvalue weighted by Crippen LogP contribution is -2.17. The first-order valence-corrected chi connectivity index (χ1v) is 10.6. The molecule has 0 aliphatic rings. The molecule has 0 atom stereocenters. The number of aromatic nitrogens is 2. The smallest absolute Gasteiger partial charge is 0.409 e. The third-order valence-corrected chi connectivity index (χ3v) is 5.62. The van der Waals surface area contributed by atoms with Gasteiger partial charge in [0.15, 0.2) is 0 Å². The lowest BCUT2D eigenvalue weighted by Gasteiger charge is -2.19. The molecule has 2 heterocycles. The summed E-state index contributed by atoms with van der Waals surface area (Å²) in [5.41, 5.74) is 6.34. The van der Waals surface area contributed by atoms with Gasteiger partial charge in [0.05, 0.1) is 12.6 Å². The standard InChI is InChI=1S/C26H26N4O3/c1-16-5-8-20(29-26(31)32)12-22(16)23-11-19-14-27-25(13-24(19)28-17(23)2)30(3)15-18-6-9-21(33-4)10-7-18/h5-14,29H,15H2,1-4H3,(H,31,32). The minimum Gasteiger partial charge on any atom is -0.497 e. The number of aryl methyl sites for hydroxylation is 2. The molecule has 7 nitrogen and oxygen atoms in total. The molecule has 168 valence electrons. The van der Waals surface area contributed by atoms with Crippen LogP contribution in [0, 0.1) is 13.8 Å². The molecule has 4 aromatic rings. The fourth-order valence-electron chi connectivity index (χ4n) is 3.83. The second-order valence-corrected chi connectivity index (χ2v) is 8.02. The molecule has 0 spiro atoms. The zero-order valence-electron chi connectivity index (χ0n) is 19.1. The van der Waals surface area contributed by atoms with Crippen LogP contribution in [0.5, 0.6) is 5.75 Å². The van der Waals surface area contributed by atoms with Crippen LogP contribution in [0.2, 0.25) is 0 Å². The van der Waals surface area contributed by atoms with E-state index < -0.39 is 6.09 Å². The summed E-state index contributed by atoms with van der Waals surface area (Å²) in [4.78, 5) is 22.6. The first kappa shape index (κ1) is 22.1. The minimum absolute atomic E-state index is 0.524. The maximum absolute atomic E-state index is 11.0. The molecule has 0 unspecified atom stereocenters. The lowest BCUT2D eigenvalue weighted by molar-refractivity contribution is 0.210. The number of pyridine rings is 2. The normalized spacial score (nSPS) is 10.8. The molecule has 0 aliphatic carbocycles. The van der Waals surface area contributed by atoms with Gasteiger partial charge in [0.25, 0.3) is 0 Å². The Bertz CT molecular complexity index is 1320. The van der Waals surface area contributed by atoms with Crippen molar-refractivity contribution in [3.63, 3.8) is 0 Å². The quantitative estimate of drug-likeness (QED) is 0.401. The highest BCUT2D eigenvalue weighted by molar-refractivity contribution is 5.89.